The summed E-state index contributed by atoms with van der Waals surface area (Å²) in [7, 11) is 3.14. The van der Waals surface area contributed by atoms with Crippen molar-refractivity contribution in [1.29, 1.82) is 0 Å². The van der Waals surface area contributed by atoms with Gasteiger partial charge in [-0.05, 0) is 42.6 Å². The second-order valence-corrected chi connectivity index (χ2v) is 5.62. The number of thiocarbonyl (C=S) groups is 2. The first kappa shape index (κ1) is 18.6. The van der Waals surface area contributed by atoms with Gasteiger partial charge in [0.2, 0.25) is 5.91 Å². The Morgan fingerprint density at radius 2 is 1.80 bits per heavy atom. The van der Waals surface area contributed by atoms with Crippen LogP contribution in [0.15, 0.2) is 23.9 Å². The van der Waals surface area contributed by atoms with Crippen molar-refractivity contribution in [3.8, 4) is 11.5 Å². The van der Waals surface area contributed by atoms with E-state index in [9.17, 15) is 9.59 Å². The van der Waals surface area contributed by atoms with Gasteiger partial charge < -0.3 is 25.4 Å². The van der Waals surface area contributed by atoms with Gasteiger partial charge in [0.25, 0.3) is 5.91 Å². The molecule has 1 aromatic carbocycles. The minimum Gasteiger partial charge on any atom is -0.497 e. The Kier molecular flexibility index (Phi) is 6.25. The third-order valence-electron chi connectivity index (χ3n) is 3.12. The second-order valence-electron chi connectivity index (χ2n) is 4.80. The lowest BCUT2D eigenvalue weighted by Crippen LogP contribution is -2.21. The predicted octanol–water partition coefficient (Wildman–Crippen LogP) is 0.0397. The Morgan fingerprint density at radius 1 is 1.04 bits per heavy atom. The zero-order valence-corrected chi connectivity index (χ0v) is 15.1. The van der Waals surface area contributed by atoms with Crippen LogP contribution in [0.4, 0.5) is 0 Å². The summed E-state index contributed by atoms with van der Waals surface area (Å²) in [6.07, 6.45) is 1.67. The lowest BCUT2D eigenvalue weighted by atomic mass is 10.1. The van der Waals surface area contributed by atoms with Crippen molar-refractivity contribution in [2.75, 3.05) is 20.8 Å². The van der Waals surface area contributed by atoms with E-state index in [-0.39, 0.29) is 11.8 Å². The van der Waals surface area contributed by atoms with E-state index in [1.165, 1.54) is 0 Å². The highest BCUT2D eigenvalue weighted by Gasteiger charge is 2.20. The summed E-state index contributed by atoms with van der Waals surface area (Å²) >= 11 is 9.41. The molecule has 0 aromatic heterocycles. The van der Waals surface area contributed by atoms with Crippen LogP contribution in [-0.4, -0.2) is 42.8 Å². The van der Waals surface area contributed by atoms with E-state index in [0.717, 1.165) is 5.56 Å². The van der Waals surface area contributed by atoms with Gasteiger partial charge in [0, 0.05) is 11.6 Å². The molecule has 1 aromatic rings. The first-order chi connectivity index (χ1) is 11.9. The predicted molar refractivity (Wildman–Crippen MR) is 100 cm³/mol. The minimum atomic E-state index is -0.252. The molecule has 2 saturated heterocycles. The van der Waals surface area contributed by atoms with Crippen molar-refractivity contribution < 1.29 is 19.1 Å². The van der Waals surface area contributed by atoms with Crippen LogP contribution in [0.2, 0.25) is 0 Å². The van der Waals surface area contributed by atoms with Crippen LogP contribution in [0.3, 0.4) is 0 Å². The molecule has 3 rings (SSSR count). The topological polar surface area (TPSA) is 101 Å². The number of methoxy groups -OCH3 is 2. The summed E-state index contributed by atoms with van der Waals surface area (Å²) in [5, 5.41) is 11.0. The molecule has 0 bridgehead atoms. The third-order valence-corrected chi connectivity index (χ3v) is 3.57. The van der Waals surface area contributed by atoms with E-state index in [1.807, 2.05) is 0 Å². The molecule has 10 heteroatoms. The maximum atomic E-state index is 11.5. The fraction of sp³-hybridized carbons (Fsp3) is 0.200. The lowest BCUT2D eigenvalue weighted by molar-refractivity contribution is -0.117. The van der Waals surface area contributed by atoms with Crippen LogP contribution < -0.4 is 30.7 Å². The summed E-state index contributed by atoms with van der Waals surface area (Å²) in [6.45, 7) is 0.332. The normalized spacial score (nSPS) is 17.1. The Labute approximate surface area is 154 Å². The monoisotopic (exact) mass is 380 g/mol. The van der Waals surface area contributed by atoms with Crippen LogP contribution >= 0.6 is 24.4 Å². The quantitative estimate of drug-likeness (QED) is 0.431. The molecule has 2 fully saturated rings. The molecule has 0 atom stereocenters. The second kappa shape index (κ2) is 8.40. The van der Waals surface area contributed by atoms with E-state index < -0.39 is 0 Å². The Balaban J connectivity index is 0.000000269. The van der Waals surface area contributed by atoms with E-state index >= 15 is 0 Å². The summed E-state index contributed by atoms with van der Waals surface area (Å²) < 4.78 is 10.3. The Bertz CT molecular complexity index is 750. The number of carbonyl (C=O) groups is 2. The largest absolute Gasteiger partial charge is 0.497 e. The summed E-state index contributed by atoms with van der Waals surface area (Å²) in [6, 6.07) is 5.35. The van der Waals surface area contributed by atoms with Gasteiger partial charge in [0.1, 0.15) is 17.2 Å². The molecule has 2 heterocycles. The standard InChI is InChI=1S/C12H12N2O3S.C3H4N2OS/c1-16-8-4-3-7(10(6-8)17-2)5-9-11(15)14-12(18)13-9;6-2-1-4-3(7)5-2/h3-6H,1-2H3,(H2,13,14,15,18);1H2,(H2,4,5,6,7)/b9-5-;. The van der Waals surface area contributed by atoms with Crippen molar-refractivity contribution in [3.63, 3.8) is 0 Å². The molecular formula is C15H16N4O4S2. The number of nitrogens with one attached hydrogen (secondary N) is 4. The molecule has 0 spiro atoms. The zero-order valence-electron chi connectivity index (χ0n) is 13.5. The third kappa shape index (κ3) is 5.13. The van der Waals surface area contributed by atoms with Crippen LogP contribution in [0.5, 0.6) is 11.5 Å². The molecule has 2 aliphatic heterocycles. The molecule has 2 amide bonds. The molecule has 2 aliphatic rings. The molecule has 0 saturated carbocycles. The highest BCUT2D eigenvalue weighted by atomic mass is 32.1. The SMILES string of the molecule is COc1ccc(/C=C2\NC(=S)NC2=O)c(OC)c1.O=C1CNC(=S)N1. The van der Waals surface area contributed by atoms with Gasteiger partial charge in [-0.2, -0.15) is 0 Å². The molecule has 132 valence electrons. The van der Waals surface area contributed by atoms with E-state index in [2.05, 4.69) is 33.5 Å². The number of hydrogen-bond acceptors (Lipinski definition) is 6. The Hall–Kier alpha value is -2.72. The number of ether oxygens (including phenoxy) is 2. The molecule has 0 radical (unpaired) electrons. The van der Waals surface area contributed by atoms with E-state index in [0.29, 0.717) is 34.0 Å². The zero-order chi connectivity index (χ0) is 18.4. The average Bonchev–Trinajstić information content (AvgIpc) is 3.12. The van der Waals surface area contributed by atoms with Gasteiger partial charge in [-0.1, -0.05) is 0 Å². The van der Waals surface area contributed by atoms with Gasteiger partial charge in [0.15, 0.2) is 10.2 Å². The first-order valence-electron chi connectivity index (χ1n) is 7.06. The summed E-state index contributed by atoms with van der Waals surface area (Å²) in [4.78, 5) is 21.7. The van der Waals surface area contributed by atoms with Gasteiger partial charge in [-0.25, -0.2) is 0 Å². The molecule has 8 nitrogen and oxygen atoms in total. The Morgan fingerprint density at radius 3 is 2.24 bits per heavy atom. The van der Waals surface area contributed by atoms with Crippen LogP contribution in [0.25, 0.3) is 6.08 Å². The van der Waals surface area contributed by atoms with Gasteiger partial charge in [-0.3, -0.25) is 14.9 Å². The van der Waals surface area contributed by atoms with Crippen molar-refractivity contribution in [1.82, 2.24) is 21.3 Å². The summed E-state index contributed by atoms with van der Waals surface area (Å²) in [5.74, 6) is 1.01. The smallest absolute Gasteiger partial charge is 0.273 e. The molecule has 4 N–H and O–H groups in total. The van der Waals surface area contributed by atoms with E-state index in [4.69, 9.17) is 21.7 Å². The van der Waals surface area contributed by atoms with Crippen molar-refractivity contribution in [3.05, 3.63) is 29.5 Å². The van der Waals surface area contributed by atoms with Crippen molar-refractivity contribution in [2.45, 2.75) is 0 Å². The number of benzene rings is 1. The van der Waals surface area contributed by atoms with Crippen LogP contribution in [0.1, 0.15) is 5.56 Å². The maximum absolute atomic E-state index is 11.5. The van der Waals surface area contributed by atoms with Gasteiger partial charge >= 0.3 is 0 Å². The van der Waals surface area contributed by atoms with Crippen LogP contribution in [0, 0.1) is 0 Å². The van der Waals surface area contributed by atoms with Gasteiger partial charge in [-0.15, -0.1) is 0 Å². The summed E-state index contributed by atoms with van der Waals surface area (Å²) in [5.41, 5.74) is 1.16. The molecule has 25 heavy (non-hydrogen) atoms. The molecular weight excluding hydrogens is 364 g/mol. The van der Waals surface area contributed by atoms with E-state index in [1.54, 1.807) is 38.5 Å². The highest BCUT2D eigenvalue weighted by Crippen LogP contribution is 2.26. The average molecular weight is 380 g/mol. The number of hydrogen-bond donors (Lipinski definition) is 4. The fourth-order valence-electron chi connectivity index (χ4n) is 1.95. The van der Waals surface area contributed by atoms with Crippen LogP contribution in [-0.2, 0) is 9.59 Å². The molecule has 0 unspecified atom stereocenters. The number of rotatable bonds is 3. The fourth-order valence-corrected chi connectivity index (χ4v) is 2.34. The highest BCUT2D eigenvalue weighted by molar-refractivity contribution is 7.80. The number of carbonyl (C=O) groups excluding carboxylic acids is 2. The van der Waals surface area contributed by atoms with Crippen molar-refractivity contribution in [2.24, 2.45) is 0 Å². The lowest BCUT2D eigenvalue weighted by Gasteiger charge is -2.07. The maximum Gasteiger partial charge on any atom is 0.273 e. The van der Waals surface area contributed by atoms with Gasteiger partial charge in [0.05, 0.1) is 20.8 Å². The number of amides is 2. The molecule has 0 aliphatic carbocycles. The first-order valence-corrected chi connectivity index (χ1v) is 7.88. The van der Waals surface area contributed by atoms with Crippen molar-refractivity contribution >= 4 is 52.6 Å². The minimum absolute atomic E-state index is 0.0509.